The second-order valence-electron chi connectivity index (χ2n) is 5.08. The summed E-state index contributed by atoms with van der Waals surface area (Å²) in [5.74, 6) is 0.784. The van der Waals surface area contributed by atoms with Gasteiger partial charge in [-0.15, -0.1) is 0 Å². The highest BCUT2D eigenvalue weighted by atomic mass is 32.1. The molecule has 2 heterocycles. The summed E-state index contributed by atoms with van der Waals surface area (Å²) in [6.45, 7) is 4.34. The molecule has 1 fully saturated rings. The fourth-order valence-electron chi connectivity index (χ4n) is 2.35. The molecule has 19 heavy (non-hydrogen) atoms. The Labute approximate surface area is 115 Å². The molecule has 2 aromatic rings. The number of rotatable bonds is 2. The molecule has 3 rings (SSSR count). The lowest BCUT2D eigenvalue weighted by Gasteiger charge is -2.29. The Morgan fingerprint density at radius 3 is 2.84 bits per heavy atom. The minimum atomic E-state index is -0.360. The number of anilines is 1. The third-order valence-corrected chi connectivity index (χ3v) is 4.70. The second-order valence-corrected chi connectivity index (χ2v) is 6.08. The van der Waals surface area contributed by atoms with E-state index in [0.717, 1.165) is 34.4 Å². The topological polar surface area (TPSA) is 59.3 Å². The summed E-state index contributed by atoms with van der Waals surface area (Å²) in [5.41, 5.74) is 0.985. The molecule has 0 bridgehead atoms. The molecular formula is C13H15N3O2S. The van der Waals surface area contributed by atoms with Crippen molar-refractivity contribution in [1.29, 1.82) is 0 Å². The maximum Gasteiger partial charge on any atom is 0.270 e. The summed E-state index contributed by atoms with van der Waals surface area (Å²) in [7, 11) is 0. The Morgan fingerprint density at radius 2 is 2.16 bits per heavy atom. The van der Waals surface area contributed by atoms with Crippen molar-refractivity contribution in [3.05, 3.63) is 28.3 Å². The molecule has 0 unspecified atom stereocenters. The first-order chi connectivity index (χ1) is 9.13. The van der Waals surface area contributed by atoms with Crippen LogP contribution in [0.4, 0.5) is 10.8 Å². The molecule has 0 atom stereocenters. The van der Waals surface area contributed by atoms with Crippen molar-refractivity contribution >= 4 is 32.4 Å². The van der Waals surface area contributed by atoms with Gasteiger partial charge in [0.05, 0.1) is 15.1 Å². The van der Waals surface area contributed by atoms with Crippen LogP contribution in [0.1, 0.15) is 19.8 Å². The predicted molar refractivity (Wildman–Crippen MR) is 76.9 cm³/mol. The van der Waals surface area contributed by atoms with Crippen LogP contribution in [-0.4, -0.2) is 23.0 Å². The van der Waals surface area contributed by atoms with E-state index >= 15 is 0 Å². The molecule has 1 aliphatic rings. The average molecular weight is 277 g/mol. The van der Waals surface area contributed by atoms with Gasteiger partial charge >= 0.3 is 0 Å². The second kappa shape index (κ2) is 4.77. The minimum Gasteiger partial charge on any atom is -0.348 e. The molecule has 5 nitrogen and oxygen atoms in total. The Morgan fingerprint density at radius 1 is 1.42 bits per heavy atom. The summed E-state index contributed by atoms with van der Waals surface area (Å²) >= 11 is 1.55. The molecule has 1 aromatic carbocycles. The van der Waals surface area contributed by atoms with E-state index in [9.17, 15) is 10.1 Å². The Bertz CT molecular complexity index is 617. The monoisotopic (exact) mass is 277 g/mol. The van der Waals surface area contributed by atoms with Gasteiger partial charge in [-0.2, -0.15) is 0 Å². The van der Waals surface area contributed by atoms with Crippen LogP contribution in [0.5, 0.6) is 0 Å². The lowest BCUT2D eigenvalue weighted by molar-refractivity contribution is -0.384. The fourth-order valence-corrected chi connectivity index (χ4v) is 3.40. The summed E-state index contributed by atoms with van der Waals surface area (Å²) in [4.78, 5) is 17.3. The third kappa shape index (κ3) is 2.40. The Hall–Kier alpha value is -1.69. The third-order valence-electron chi connectivity index (χ3n) is 3.63. The van der Waals surface area contributed by atoms with Crippen LogP contribution in [0.15, 0.2) is 18.2 Å². The number of non-ortho nitro benzene ring substituents is 1. The van der Waals surface area contributed by atoms with E-state index in [1.807, 2.05) is 0 Å². The van der Waals surface area contributed by atoms with Crippen molar-refractivity contribution < 1.29 is 4.92 Å². The van der Waals surface area contributed by atoms with Gasteiger partial charge in [0.25, 0.3) is 5.69 Å². The molecule has 0 amide bonds. The number of nitro groups is 1. The van der Waals surface area contributed by atoms with Gasteiger partial charge in [-0.25, -0.2) is 4.98 Å². The maximum atomic E-state index is 10.8. The lowest BCUT2D eigenvalue weighted by Crippen LogP contribution is -2.32. The number of hydrogen-bond acceptors (Lipinski definition) is 5. The van der Waals surface area contributed by atoms with Gasteiger partial charge in [0.15, 0.2) is 5.13 Å². The predicted octanol–water partition coefficient (Wildman–Crippen LogP) is 3.44. The molecule has 1 aliphatic heterocycles. The molecule has 1 aromatic heterocycles. The molecule has 1 saturated heterocycles. The zero-order valence-electron chi connectivity index (χ0n) is 10.7. The van der Waals surface area contributed by atoms with E-state index in [1.165, 1.54) is 18.9 Å². The van der Waals surface area contributed by atoms with Crippen LogP contribution in [-0.2, 0) is 0 Å². The van der Waals surface area contributed by atoms with Crippen molar-refractivity contribution in [3.8, 4) is 0 Å². The van der Waals surface area contributed by atoms with Gasteiger partial charge in [-0.1, -0.05) is 18.3 Å². The van der Waals surface area contributed by atoms with E-state index in [2.05, 4.69) is 16.8 Å². The van der Waals surface area contributed by atoms with E-state index < -0.39 is 0 Å². The zero-order valence-corrected chi connectivity index (χ0v) is 11.5. The number of thiazole rings is 1. The van der Waals surface area contributed by atoms with Crippen LogP contribution in [0.3, 0.4) is 0 Å². The number of aromatic nitrogens is 1. The number of nitro benzene ring substituents is 1. The fraction of sp³-hybridized carbons (Fsp3) is 0.462. The number of piperidine rings is 1. The molecule has 0 aliphatic carbocycles. The average Bonchev–Trinajstić information content (AvgIpc) is 2.82. The minimum absolute atomic E-state index is 0.134. The molecule has 6 heteroatoms. The Balaban J connectivity index is 1.91. The summed E-state index contributed by atoms with van der Waals surface area (Å²) in [5, 5.41) is 11.8. The van der Waals surface area contributed by atoms with Crippen molar-refractivity contribution in [2.24, 2.45) is 5.92 Å². The zero-order chi connectivity index (χ0) is 13.4. The summed E-state index contributed by atoms with van der Waals surface area (Å²) in [6, 6.07) is 4.87. The van der Waals surface area contributed by atoms with Crippen molar-refractivity contribution in [3.63, 3.8) is 0 Å². The number of hydrogen-bond donors (Lipinski definition) is 0. The Kier molecular flexibility index (Phi) is 3.10. The van der Waals surface area contributed by atoms with Gasteiger partial charge in [0.2, 0.25) is 0 Å². The van der Waals surface area contributed by atoms with Gasteiger partial charge in [0.1, 0.15) is 0 Å². The summed E-state index contributed by atoms with van der Waals surface area (Å²) in [6.07, 6.45) is 2.38. The molecule has 0 saturated carbocycles. The number of nitrogens with zero attached hydrogens (tertiary/aromatic N) is 3. The largest absolute Gasteiger partial charge is 0.348 e. The van der Waals surface area contributed by atoms with Crippen LogP contribution in [0, 0.1) is 16.0 Å². The normalized spacial score (nSPS) is 17.0. The van der Waals surface area contributed by atoms with Crippen molar-refractivity contribution in [2.45, 2.75) is 19.8 Å². The number of benzene rings is 1. The van der Waals surface area contributed by atoms with Crippen LogP contribution in [0.25, 0.3) is 10.2 Å². The molecule has 0 N–H and O–H groups in total. The highest BCUT2D eigenvalue weighted by Crippen LogP contribution is 2.33. The van der Waals surface area contributed by atoms with Crippen molar-refractivity contribution in [1.82, 2.24) is 4.98 Å². The molecule has 0 spiro atoms. The number of fused-ring (bicyclic) bond motifs is 1. The lowest BCUT2D eigenvalue weighted by atomic mass is 10.00. The van der Waals surface area contributed by atoms with Gasteiger partial charge < -0.3 is 4.90 Å². The van der Waals surface area contributed by atoms with Gasteiger partial charge in [-0.05, 0) is 24.8 Å². The van der Waals surface area contributed by atoms with Crippen LogP contribution >= 0.6 is 11.3 Å². The SMILES string of the molecule is CC1CCN(c2nc3ccc([N+](=O)[O-])cc3s2)CC1. The van der Waals surface area contributed by atoms with Crippen molar-refractivity contribution in [2.75, 3.05) is 18.0 Å². The first-order valence-electron chi connectivity index (χ1n) is 6.43. The van der Waals surface area contributed by atoms with Crippen LogP contribution in [0.2, 0.25) is 0 Å². The highest BCUT2D eigenvalue weighted by molar-refractivity contribution is 7.22. The first kappa shape index (κ1) is 12.3. The van der Waals surface area contributed by atoms with Gasteiger partial charge in [-0.3, -0.25) is 10.1 Å². The van der Waals surface area contributed by atoms with E-state index in [0.29, 0.717) is 0 Å². The highest BCUT2D eigenvalue weighted by Gasteiger charge is 2.19. The first-order valence-corrected chi connectivity index (χ1v) is 7.25. The molecular weight excluding hydrogens is 262 g/mol. The smallest absolute Gasteiger partial charge is 0.270 e. The standard InChI is InChI=1S/C13H15N3O2S/c1-9-4-6-15(7-5-9)13-14-11-3-2-10(16(17)18)8-12(11)19-13/h2-3,8-9H,4-7H2,1H3. The maximum absolute atomic E-state index is 10.8. The van der Waals surface area contributed by atoms with E-state index in [1.54, 1.807) is 23.5 Å². The van der Waals surface area contributed by atoms with E-state index in [4.69, 9.17) is 0 Å². The van der Waals surface area contributed by atoms with E-state index in [-0.39, 0.29) is 10.6 Å². The quantitative estimate of drug-likeness (QED) is 0.623. The molecule has 100 valence electrons. The van der Waals surface area contributed by atoms with Gasteiger partial charge in [0, 0.05) is 25.2 Å². The van der Waals surface area contributed by atoms with Crippen LogP contribution < -0.4 is 4.90 Å². The molecule has 0 radical (unpaired) electrons. The summed E-state index contributed by atoms with van der Waals surface area (Å²) < 4.78 is 0.892.